The number of carbonyl (C=O) groups excluding carboxylic acids is 2. The van der Waals surface area contributed by atoms with Crippen LogP contribution in [0.25, 0.3) is 0 Å². The van der Waals surface area contributed by atoms with Gasteiger partial charge in [-0.25, -0.2) is 0 Å². The van der Waals surface area contributed by atoms with E-state index in [0.717, 1.165) is 36.1 Å². The molecule has 8 nitrogen and oxygen atoms in total. The largest absolute Gasteiger partial charge is 0.493 e. The zero-order valence-electron chi connectivity index (χ0n) is 19.5. The summed E-state index contributed by atoms with van der Waals surface area (Å²) in [4.78, 5) is 25.6. The van der Waals surface area contributed by atoms with Gasteiger partial charge in [0.05, 0.1) is 26.4 Å². The van der Waals surface area contributed by atoms with E-state index in [1.807, 2.05) is 35.2 Å². The van der Waals surface area contributed by atoms with Gasteiger partial charge >= 0.3 is 5.97 Å². The van der Waals surface area contributed by atoms with Gasteiger partial charge in [-0.1, -0.05) is 18.2 Å². The molecule has 2 N–H and O–H groups in total. The highest BCUT2D eigenvalue weighted by atomic mass is 16.5. The maximum absolute atomic E-state index is 12.7. The number of ether oxygens (including phenoxy) is 3. The quantitative estimate of drug-likeness (QED) is 0.281. The number of fused-ring (bicyclic) bond motifs is 1. The molecule has 8 heteroatoms. The van der Waals surface area contributed by atoms with E-state index in [4.69, 9.17) is 19.6 Å². The van der Waals surface area contributed by atoms with Crippen LogP contribution in [0.3, 0.4) is 0 Å². The molecular weight excluding hydrogens is 434 g/mol. The number of amidine groups is 1. The van der Waals surface area contributed by atoms with Gasteiger partial charge in [0.25, 0.3) is 5.91 Å². The number of esters is 1. The lowest BCUT2D eigenvalue weighted by Crippen LogP contribution is -2.40. The van der Waals surface area contributed by atoms with Crippen molar-refractivity contribution >= 4 is 23.4 Å². The topological polar surface area (TPSA) is 101 Å². The van der Waals surface area contributed by atoms with Crippen LogP contribution in [-0.4, -0.2) is 62.1 Å². The Labute approximate surface area is 199 Å². The highest BCUT2D eigenvalue weighted by molar-refractivity contribution is 6.05. The van der Waals surface area contributed by atoms with Crippen LogP contribution in [0.15, 0.2) is 42.5 Å². The van der Waals surface area contributed by atoms with E-state index in [-0.39, 0.29) is 11.9 Å². The Morgan fingerprint density at radius 2 is 1.85 bits per heavy atom. The van der Waals surface area contributed by atoms with E-state index in [1.165, 1.54) is 6.92 Å². The maximum atomic E-state index is 12.7. The van der Waals surface area contributed by atoms with Gasteiger partial charge in [0.15, 0.2) is 0 Å². The summed E-state index contributed by atoms with van der Waals surface area (Å²) in [6.07, 6.45) is 2.66. The first-order valence-corrected chi connectivity index (χ1v) is 11.7. The summed E-state index contributed by atoms with van der Waals surface area (Å²) in [6.45, 7) is 5.14. The second kappa shape index (κ2) is 11.2. The first kappa shape index (κ1) is 23.8. The van der Waals surface area contributed by atoms with Crippen LogP contribution in [-0.2, 0) is 20.7 Å². The van der Waals surface area contributed by atoms with Crippen molar-refractivity contribution in [1.82, 2.24) is 4.90 Å². The average molecular weight is 466 g/mol. The Kier molecular flexibility index (Phi) is 7.80. The van der Waals surface area contributed by atoms with Crippen molar-refractivity contribution in [3.05, 3.63) is 59.2 Å². The zero-order valence-corrected chi connectivity index (χ0v) is 19.5. The van der Waals surface area contributed by atoms with E-state index in [9.17, 15) is 9.59 Å². The zero-order chi connectivity index (χ0) is 23.9. The van der Waals surface area contributed by atoms with Crippen molar-refractivity contribution in [2.75, 3.05) is 44.8 Å². The first-order chi connectivity index (χ1) is 16.5. The normalized spacial score (nSPS) is 17.3. The molecule has 2 aliphatic rings. The SMILES string of the molecule is CC(=O)OCCCC1COc2cc(NC(=O)c3ccc(C(=N)N4CCOCC4)cc3)ccc2C1. The van der Waals surface area contributed by atoms with E-state index >= 15 is 0 Å². The minimum absolute atomic E-state index is 0.205. The Morgan fingerprint density at radius 1 is 1.12 bits per heavy atom. The minimum atomic E-state index is -0.247. The molecule has 1 unspecified atom stereocenters. The fraction of sp³-hybridized carbons (Fsp3) is 0.423. The third kappa shape index (κ3) is 6.14. The van der Waals surface area contributed by atoms with Gasteiger partial charge in [0.2, 0.25) is 0 Å². The third-order valence-corrected chi connectivity index (χ3v) is 6.12. The average Bonchev–Trinajstić information content (AvgIpc) is 2.86. The number of morpholine rings is 1. The molecule has 2 aromatic rings. The molecule has 2 aromatic carbocycles. The highest BCUT2D eigenvalue weighted by Crippen LogP contribution is 2.32. The molecule has 0 aromatic heterocycles. The van der Waals surface area contributed by atoms with Crippen molar-refractivity contribution in [3.8, 4) is 5.75 Å². The molecule has 1 fully saturated rings. The molecule has 0 spiro atoms. The van der Waals surface area contributed by atoms with Crippen LogP contribution >= 0.6 is 0 Å². The lowest BCUT2D eigenvalue weighted by atomic mass is 9.93. The monoisotopic (exact) mass is 465 g/mol. The van der Waals surface area contributed by atoms with Crippen LogP contribution in [0.5, 0.6) is 5.75 Å². The number of hydrogen-bond acceptors (Lipinski definition) is 6. The van der Waals surface area contributed by atoms with E-state index in [0.29, 0.717) is 62.5 Å². The second-order valence-electron chi connectivity index (χ2n) is 8.67. The van der Waals surface area contributed by atoms with Gasteiger partial charge in [0, 0.05) is 42.9 Å². The van der Waals surface area contributed by atoms with Gasteiger partial charge < -0.3 is 24.4 Å². The summed E-state index contributed by atoms with van der Waals surface area (Å²) >= 11 is 0. The van der Waals surface area contributed by atoms with Crippen molar-refractivity contribution in [1.29, 1.82) is 5.41 Å². The number of benzene rings is 2. The van der Waals surface area contributed by atoms with Crippen molar-refractivity contribution < 1.29 is 23.8 Å². The molecular formula is C26H31N3O5. The van der Waals surface area contributed by atoms with E-state index in [1.54, 1.807) is 12.1 Å². The van der Waals surface area contributed by atoms with Crippen molar-refractivity contribution in [2.45, 2.75) is 26.2 Å². The van der Waals surface area contributed by atoms with Gasteiger partial charge in [-0.15, -0.1) is 0 Å². The molecule has 34 heavy (non-hydrogen) atoms. The maximum Gasteiger partial charge on any atom is 0.302 e. The molecule has 2 aliphatic heterocycles. The predicted molar refractivity (Wildman–Crippen MR) is 129 cm³/mol. The van der Waals surface area contributed by atoms with Gasteiger partial charge in [-0.3, -0.25) is 15.0 Å². The van der Waals surface area contributed by atoms with Crippen molar-refractivity contribution in [3.63, 3.8) is 0 Å². The lowest BCUT2D eigenvalue weighted by molar-refractivity contribution is -0.141. The van der Waals surface area contributed by atoms with Crippen LogP contribution in [0.2, 0.25) is 0 Å². The molecule has 0 saturated carbocycles. The molecule has 0 bridgehead atoms. The number of nitrogens with one attached hydrogen (secondary N) is 2. The highest BCUT2D eigenvalue weighted by Gasteiger charge is 2.21. The number of hydrogen-bond donors (Lipinski definition) is 2. The Morgan fingerprint density at radius 3 is 2.59 bits per heavy atom. The minimum Gasteiger partial charge on any atom is -0.493 e. The summed E-state index contributed by atoms with van der Waals surface area (Å²) in [5, 5.41) is 11.3. The predicted octanol–water partition coefficient (Wildman–Crippen LogP) is 3.49. The van der Waals surface area contributed by atoms with Crippen LogP contribution in [0.1, 0.15) is 41.3 Å². The molecule has 0 radical (unpaired) electrons. The molecule has 1 amide bonds. The molecule has 0 aliphatic carbocycles. The molecule has 1 saturated heterocycles. The van der Waals surface area contributed by atoms with Crippen LogP contribution < -0.4 is 10.1 Å². The Bertz CT molecular complexity index is 1030. The fourth-order valence-electron chi connectivity index (χ4n) is 4.24. The van der Waals surface area contributed by atoms with E-state index < -0.39 is 0 Å². The van der Waals surface area contributed by atoms with Crippen LogP contribution in [0.4, 0.5) is 5.69 Å². The number of carbonyl (C=O) groups is 2. The Hall–Kier alpha value is -3.39. The van der Waals surface area contributed by atoms with E-state index in [2.05, 4.69) is 5.32 Å². The summed E-state index contributed by atoms with van der Waals surface area (Å²) in [7, 11) is 0. The molecule has 4 rings (SSSR count). The number of nitrogens with zero attached hydrogens (tertiary/aromatic N) is 1. The molecule has 2 heterocycles. The molecule has 180 valence electrons. The summed E-state index contributed by atoms with van der Waals surface area (Å²) in [5.41, 5.74) is 3.11. The number of amides is 1. The smallest absolute Gasteiger partial charge is 0.302 e. The fourth-order valence-corrected chi connectivity index (χ4v) is 4.24. The van der Waals surface area contributed by atoms with Gasteiger partial charge in [-0.05, 0) is 48.9 Å². The Balaban J connectivity index is 1.31. The summed E-state index contributed by atoms with van der Waals surface area (Å²) in [6, 6.07) is 12.9. The van der Waals surface area contributed by atoms with Crippen molar-refractivity contribution in [2.24, 2.45) is 5.92 Å². The lowest BCUT2D eigenvalue weighted by Gasteiger charge is -2.29. The molecule has 1 atom stereocenters. The van der Waals surface area contributed by atoms with Crippen LogP contribution in [0, 0.1) is 11.3 Å². The summed E-state index contributed by atoms with van der Waals surface area (Å²) in [5.74, 6) is 1.18. The first-order valence-electron chi connectivity index (χ1n) is 11.7. The second-order valence-corrected chi connectivity index (χ2v) is 8.67. The van der Waals surface area contributed by atoms with Gasteiger partial charge in [-0.2, -0.15) is 0 Å². The standard InChI is InChI=1S/C26H31N3O5/c1-18(30)33-12-2-3-19-15-22-8-9-23(16-24(22)34-17-19)28-26(31)21-6-4-20(5-7-21)25(27)29-10-13-32-14-11-29/h4-9,16,19,27H,2-3,10-15,17H2,1H3,(H,28,31). The van der Waals surface area contributed by atoms with Gasteiger partial charge in [0.1, 0.15) is 11.6 Å². The number of rotatable bonds is 7. The number of anilines is 1. The summed E-state index contributed by atoms with van der Waals surface area (Å²) < 4.78 is 16.3. The third-order valence-electron chi connectivity index (χ3n) is 6.12.